The number of nitrogens with two attached hydrogens (primary N) is 1. The van der Waals surface area contributed by atoms with Gasteiger partial charge in [0.1, 0.15) is 5.82 Å². The van der Waals surface area contributed by atoms with Gasteiger partial charge in [-0.05, 0) is 61.5 Å². The molecule has 3 N–H and O–H groups in total. The lowest BCUT2D eigenvalue weighted by molar-refractivity contribution is -0.142. The number of benzene rings is 3. The van der Waals surface area contributed by atoms with Crippen molar-refractivity contribution in [3.63, 3.8) is 0 Å². The van der Waals surface area contributed by atoms with E-state index in [2.05, 4.69) is 5.32 Å². The van der Waals surface area contributed by atoms with Gasteiger partial charge < -0.3 is 25.3 Å². The van der Waals surface area contributed by atoms with Crippen molar-refractivity contribution >= 4 is 40.0 Å². The van der Waals surface area contributed by atoms with E-state index in [9.17, 15) is 9.59 Å². The third-order valence-corrected chi connectivity index (χ3v) is 5.74. The van der Waals surface area contributed by atoms with Crippen molar-refractivity contribution in [1.29, 1.82) is 0 Å². The highest BCUT2D eigenvalue weighted by molar-refractivity contribution is 6.07. The molecule has 0 aliphatic rings. The third-order valence-electron chi connectivity index (χ3n) is 5.74. The number of nitrogens with one attached hydrogen (secondary N) is 1. The molecule has 4 aromatic rings. The average molecular weight is 472 g/mol. The number of fused-ring (bicyclic) bond motifs is 1. The van der Waals surface area contributed by atoms with Gasteiger partial charge in [0, 0.05) is 36.2 Å². The SMILES string of the molecule is CCOC(=O)CCN(C(=O)c1ccc2c(c1)nc(CNc1ccc(N)cc1)n2C)c1ccccc1. The molecule has 1 aromatic heterocycles. The van der Waals surface area contributed by atoms with Crippen molar-refractivity contribution in [2.75, 3.05) is 29.1 Å². The number of carbonyl (C=O) groups is 2. The number of anilines is 3. The number of hydrogen-bond acceptors (Lipinski definition) is 6. The van der Waals surface area contributed by atoms with Crippen LogP contribution in [-0.2, 0) is 23.1 Å². The lowest BCUT2D eigenvalue weighted by Gasteiger charge is -2.22. The number of ether oxygens (including phenoxy) is 1. The van der Waals surface area contributed by atoms with Gasteiger partial charge >= 0.3 is 5.97 Å². The molecule has 1 heterocycles. The highest BCUT2D eigenvalue weighted by Crippen LogP contribution is 2.22. The van der Waals surface area contributed by atoms with Crippen LogP contribution < -0.4 is 16.0 Å². The smallest absolute Gasteiger partial charge is 0.307 e. The topological polar surface area (TPSA) is 102 Å². The van der Waals surface area contributed by atoms with Crippen molar-refractivity contribution < 1.29 is 14.3 Å². The van der Waals surface area contributed by atoms with Crippen LogP contribution in [0.4, 0.5) is 17.1 Å². The Bertz CT molecular complexity index is 1320. The molecule has 4 rings (SSSR count). The lowest BCUT2D eigenvalue weighted by atomic mass is 10.1. The molecule has 0 saturated carbocycles. The molecule has 0 bridgehead atoms. The minimum absolute atomic E-state index is 0.112. The Morgan fingerprint density at radius 3 is 2.51 bits per heavy atom. The first-order valence-electron chi connectivity index (χ1n) is 11.5. The summed E-state index contributed by atoms with van der Waals surface area (Å²) < 4.78 is 7.05. The average Bonchev–Trinajstić information content (AvgIpc) is 3.19. The molecule has 180 valence electrons. The molecule has 35 heavy (non-hydrogen) atoms. The Labute approximate surface area is 204 Å². The summed E-state index contributed by atoms with van der Waals surface area (Å²) in [6.45, 7) is 2.82. The van der Waals surface area contributed by atoms with Crippen LogP contribution in [0.3, 0.4) is 0 Å². The van der Waals surface area contributed by atoms with Crippen LogP contribution in [0.5, 0.6) is 0 Å². The summed E-state index contributed by atoms with van der Waals surface area (Å²) in [5.74, 6) is 0.304. The number of nitrogen functional groups attached to an aromatic ring is 1. The Balaban J connectivity index is 1.56. The Hall–Kier alpha value is -4.33. The van der Waals surface area contributed by atoms with E-state index >= 15 is 0 Å². The fourth-order valence-electron chi connectivity index (χ4n) is 3.87. The molecule has 8 heteroatoms. The highest BCUT2D eigenvalue weighted by atomic mass is 16.5. The van der Waals surface area contributed by atoms with Crippen LogP contribution in [0, 0.1) is 0 Å². The zero-order valence-electron chi connectivity index (χ0n) is 19.9. The molecule has 0 unspecified atom stereocenters. The monoisotopic (exact) mass is 471 g/mol. The van der Waals surface area contributed by atoms with Gasteiger partial charge in [-0.25, -0.2) is 4.98 Å². The minimum atomic E-state index is -0.334. The van der Waals surface area contributed by atoms with Crippen LogP contribution in [0.15, 0.2) is 72.8 Å². The third kappa shape index (κ3) is 5.60. The standard InChI is InChI=1S/C27H29N5O3/c1-3-35-26(33)15-16-32(22-7-5-4-6-8-22)27(34)19-9-14-24-23(17-19)30-25(31(24)2)18-29-21-12-10-20(28)11-13-21/h4-14,17,29H,3,15-16,18,28H2,1-2H3. The van der Waals surface area contributed by atoms with Crippen molar-refractivity contribution in [2.45, 2.75) is 19.9 Å². The number of para-hydroxylation sites is 1. The van der Waals surface area contributed by atoms with Crippen LogP contribution in [-0.4, -0.2) is 34.6 Å². The van der Waals surface area contributed by atoms with Crippen LogP contribution in [0.2, 0.25) is 0 Å². The number of carbonyl (C=O) groups excluding carboxylic acids is 2. The first-order chi connectivity index (χ1) is 17.0. The molecule has 0 fully saturated rings. The summed E-state index contributed by atoms with van der Waals surface area (Å²) in [5.41, 5.74) is 10.3. The quantitative estimate of drug-likeness (QED) is 0.278. The molecular formula is C27H29N5O3. The van der Waals surface area contributed by atoms with Gasteiger partial charge in [0.25, 0.3) is 5.91 Å². The first-order valence-corrected chi connectivity index (χ1v) is 11.5. The number of imidazole rings is 1. The molecule has 0 aliphatic heterocycles. The number of nitrogens with zero attached hydrogens (tertiary/aromatic N) is 3. The summed E-state index contributed by atoms with van der Waals surface area (Å²) >= 11 is 0. The maximum Gasteiger partial charge on any atom is 0.307 e. The molecule has 0 radical (unpaired) electrons. The van der Waals surface area contributed by atoms with E-state index in [0.717, 1.165) is 28.2 Å². The van der Waals surface area contributed by atoms with Crippen LogP contribution in [0.25, 0.3) is 11.0 Å². The largest absolute Gasteiger partial charge is 0.466 e. The van der Waals surface area contributed by atoms with E-state index in [1.54, 1.807) is 24.0 Å². The molecule has 0 spiro atoms. The van der Waals surface area contributed by atoms with Crippen molar-refractivity contribution in [3.8, 4) is 0 Å². The number of esters is 1. The number of aryl methyl sites for hydroxylation is 1. The van der Waals surface area contributed by atoms with Gasteiger partial charge in [0.05, 0.1) is 30.6 Å². The van der Waals surface area contributed by atoms with Gasteiger partial charge in [-0.15, -0.1) is 0 Å². The number of amides is 1. The summed E-state index contributed by atoms with van der Waals surface area (Å²) in [5, 5.41) is 3.35. The van der Waals surface area contributed by atoms with Crippen LogP contribution in [0.1, 0.15) is 29.5 Å². The second-order valence-electron chi connectivity index (χ2n) is 8.11. The Kier molecular flexibility index (Phi) is 7.30. The fraction of sp³-hybridized carbons (Fsp3) is 0.222. The number of hydrogen-bond donors (Lipinski definition) is 2. The number of aromatic nitrogens is 2. The normalized spacial score (nSPS) is 10.8. The zero-order chi connectivity index (χ0) is 24.8. The maximum absolute atomic E-state index is 13.5. The first kappa shape index (κ1) is 23.8. The van der Waals surface area contributed by atoms with Crippen molar-refractivity contribution in [3.05, 3.63) is 84.2 Å². The molecule has 1 amide bonds. The van der Waals surface area contributed by atoms with E-state index in [4.69, 9.17) is 15.5 Å². The molecule has 0 atom stereocenters. The predicted octanol–water partition coefficient (Wildman–Crippen LogP) is 4.37. The molecule has 8 nitrogen and oxygen atoms in total. The predicted molar refractivity (Wildman–Crippen MR) is 138 cm³/mol. The Morgan fingerprint density at radius 1 is 1.06 bits per heavy atom. The highest BCUT2D eigenvalue weighted by Gasteiger charge is 2.20. The Morgan fingerprint density at radius 2 is 1.80 bits per heavy atom. The van der Waals surface area contributed by atoms with Crippen LogP contribution >= 0.6 is 0 Å². The van der Waals surface area contributed by atoms with E-state index in [-0.39, 0.29) is 24.8 Å². The summed E-state index contributed by atoms with van der Waals surface area (Å²) in [6.07, 6.45) is 0.112. The van der Waals surface area contributed by atoms with Crippen molar-refractivity contribution in [1.82, 2.24) is 9.55 Å². The van der Waals surface area contributed by atoms with Gasteiger partial charge in [-0.2, -0.15) is 0 Å². The molecular weight excluding hydrogens is 442 g/mol. The summed E-state index contributed by atoms with van der Waals surface area (Å²) in [4.78, 5) is 31.8. The molecule has 3 aromatic carbocycles. The summed E-state index contributed by atoms with van der Waals surface area (Å²) in [7, 11) is 1.95. The number of rotatable bonds is 9. The van der Waals surface area contributed by atoms with E-state index in [0.29, 0.717) is 24.4 Å². The fourth-order valence-corrected chi connectivity index (χ4v) is 3.87. The molecule has 0 saturated heterocycles. The molecule has 0 aliphatic carbocycles. The summed E-state index contributed by atoms with van der Waals surface area (Å²) in [6, 6.07) is 22.3. The van der Waals surface area contributed by atoms with E-state index in [1.165, 1.54) is 0 Å². The maximum atomic E-state index is 13.5. The minimum Gasteiger partial charge on any atom is -0.466 e. The van der Waals surface area contributed by atoms with Gasteiger partial charge in [0.2, 0.25) is 0 Å². The van der Waals surface area contributed by atoms with Gasteiger partial charge in [-0.1, -0.05) is 18.2 Å². The van der Waals surface area contributed by atoms with E-state index < -0.39 is 0 Å². The van der Waals surface area contributed by atoms with E-state index in [1.807, 2.05) is 72.3 Å². The van der Waals surface area contributed by atoms with Gasteiger partial charge in [-0.3, -0.25) is 9.59 Å². The second-order valence-corrected chi connectivity index (χ2v) is 8.11. The van der Waals surface area contributed by atoms with Crippen molar-refractivity contribution in [2.24, 2.45) is 7.05 Å². The zero-order valence-corrected chi connectivity index (χ0v) is 19.9. The second kappa shape index (κ2) is 10.7. The lowest BCUT2D eigenvalue weighted by Crippen LogP contribution is -2.33. The van der Waals surface area contributed by atoms with Gasteiger partial charge in [0.15, 0.2) is 0 Å².